The third kappa shape index (κ3) is 2.63. The van der Waals surface area contributed by atoms with Crippen LogP contribution in [0.15, 0.2) is 24.5 Å². The average molecular weight is 259 g/mol. The Morgan fingerprint density at radius 1 is 1.37 bits per heavy atom. The number of benzene rings is 1. The molecular formula is C15H21N3O. The maximum absolute atomic E-state index is 5.47. The first-order valence-electron chi connectivity index (χ1n) is 6.53. The average Bonchev–Trinajstić information content (AvgIpc) is 2.80. The zero-order valence-corrected chi connectivity index (χ0v) is 12.0. The molecule has 0 aliphatic carbocycles. The zero-order valence-electron chi connectivity index (χ0n) is 12.0. The fourth-order valence-electron chi connectivity index (χ4n) is 2.22. The molecule has 0 radical (unpaired) electrons. The van der Waals surface area contributed by atoms with Crippen LogP contribution in [-0.4, -0.2) is 23.7 Å². The standard InChI is InChI=1S/C15H21N3O/c1-5-11-6-7-14(19-4)12(8-11)15-13(9-16-2)18(3)10-17-15/h6-8,10,16H,5,9H2,1-4H3. The van der Waals surface area contributed by atoms with E-state index in [0.29, 0.717) is 0 Å². The maximum Gasteiger partial charge on any atom is 0.128 e. The maximum atomic E-state index is 5.47. The Morgan fingerprint density at radius 2 is 2.16 bits per heavy atom. The number of aromatic nitrogens is 2. The quantitative estimate of drug-likeness (QED) is 0.896. The lowest BCUT2D eigenvalue weighted by Crippen LogP contribution is -2.10. The van der Waals surface area contributed by atoms with E-state index in [1.807, 2.05) is 31.1 Å². The molecule has 0 bridgehead atoms. The summed E-state index contributed by atoms with van der Waals surface area (Å²) in [4.78, 5) is 4.53. The fraction of sp³-hybridized carbons (Fsp3) is 0.400. The van der Waals surface area contributed by atoms with Crippen molar-refractivity contribution >= 4 is 0 Å². The first-order chi connectivity index (χ1) is 9.21. The molecule has 0 amide bonds. The van der Waals surface area contributed by atoms with Gasteiger partial charge >= 0.3 is 0 Å². The lowest BCUT2D eigenvalue weighted by molar-refractivity contribution is 0.416. The number of imidazole rings is 1. The minimum absolute atomic E-state index is 0.783. The monoisotopic (exact) mass is 259 g/mol. The highest BCUT2D eigenvalue weighted by molar-refractivity contribution is 5.70. The van der Waals surface area contributed by atoms with Gasteiger partial charge in [0.15, 0.2) is 0 Å². The highest BCUT2D eigenvalue weighted by Crippen LogP contribution is 2.32. The minimum Gasteiger partial charge on any atom is -0.496 e. The van der Waals surface area contributed by atoms with Crippen molar-refractivity contribution in [2.45, 2.75) is 19.9 Å². The predicted molar refractivity (Wildman–Crippen MR) is 77.3 cm³/mol. The summed E-state index contributed by atoms with van der Waals surface area (Å²) in [7, 11) is 5.65. The van der Waals surface area contributed by atoms with Gasteiger partial charge in [-0.1, -0.05) is 13.0 Å². The number of rotatable bonds is 5. The second-order valence-corrected chi connectivity index (χ2v) is 4.57. The molecule has 2 aromatic rings. The minimum atomic E-state index is 0.783. The lowest BCUT2D eigenvalue weighted by Gasteiger charge is -2.11. The predicted octanol–water partition coefficient (Wildman–Crippen LogP) is 2.38. The van der Waals surface area contributed by atoms with Gasteiger partial charge in [-0.3, -0.25) is 0 Å². The molecule has 4 nitrogen and oxygen atoms in total. The van der Waals surface area contributed by atoms with Crippen LogP contribution in [0.4, 0.5) is 0 Å². The fourth-order valence-corrected chi connectivity index (χ4v) is 2.22. The van der Waals surface area contributed by atoms with Crippen LogP contribution in [0, 0.1) is 0 Å². The summed E-state index contributed by atoms with van der Waals surface area (Å²) in [5, 5.41) is 3.19. The number of nitrogens with zero attached hydrogens (tertiary/aromatic N) is 2. The second kappa shape index (κ2) is 5.89. The number of ether oxygens (including phenoxy) is 1. The van der Waals surface area contributed by atoms with E-state index in [1.165, 1.54) is 5.56 Å². The third-order valence-electron chi connectivity index (χ3n) is 3.33. The molecule has 0 saturated heterocycles. The number of hydrogen-bond acceptors (Lipinski definition) is 3. The first kappa shape index (κ1) is 13.6. The van der Waals surface area contributed by atoms with Crippen LogP contribution in [0.5, 0.6) is 5.75 Å². The van der Waals surface area contributed by atoms with Crippen LogP contribution in [0.2, 0.25) is 0 Å². The zero-order chi connectivity index (χ0) is 13.8. The van der Waals surface area contributed by atoms with Gasteiger partial charge in [-0.15, -0.1) is 0 Å². The molecular weight excluding hydrogens is 238 g/mol. The molecule has 4 heteroatoms. The van der Waals surface area contributed by atoms with E-state index < -0.39 is 0 Å². The van der Waals surface area contributed by atoms with Crippen LogP contribution >= 0.6 is 0 Å². The summed E-state index contributed by atoms with van der Waals surface area (Å²) in [6.45, 7) is 2.93. The molecule has 1 aromatic carbocycles. The molecule has 102 valence electrons. The Balaban J connectivity index is 2.56. The van der Waals surface area contributed by atoms with Gasteiger partial charge in [0.05, 0.1) is 24.8 Å². The van der Waals surface area contributed by atoms with E-state index in [-0.39, 0.29) is 0 Å². The Kier molecular flexibility index (Phi) is 4.22. The van der Waals surface area contributed by atoms with Crippen LogP contribution in [0.1, 0.15) is 18.2 Å². The smallest absolute Gasteiger partial charge is 0.128 e. The molecule has 0 fully saturated rings. The van der Waals surface area contributed by atoms with Crippen molar-refractivity contribution in [2.75, 3.05) is 14.2 Å². The Hall–Kier alpha value is -1.81. The molecule has 1 heterocycles. The number of nitrogens with one attached hydrogen (secondary N) is 1. The van der Waals surface area contributed by atoms with Gasteiger partial charge in [0.1, 0.15) is 5.75 Å². The van der Waals surface area contributed by atoms with Gasteiger partial charge in [0.25, 0.3) is 0 Å². The van der Waals surface area contributed by atoms with E-state index in [9.17, 15) is 0 Å². The molecule has 0 atom stereocenters. The van der Waals surface area contributed by atoms with E-state index in [1.54, 1.807) is 7.11 Å². The largest absolute Gasteiger partial charge is 0.496 e. The van der Waals surface area contributed by atoms with E-state index >= 15 is 0 Å². The van der Waals surface area contributed by atoms with E-state index in [4.69, 9.17) is 4.74 Å². The van der Waals surface area contributed by atoms with Crippen molar-refractivity contribution in [3.8, 4) is 17.0 Å². The summed E-state index contributed by atoms with van der Waals surface area (Å²) >= 11 is 0. The molecule has 2 rings (SSSR count). The van der Waals surface area contributed by atoms with Gasteiger partial charge in [0, 0.05) is 19.2 Å². The lowest BCUT2D eigenvalue weighted by atomic mass is 10.0. The van der Waals surface area contributed by atoms with Crippen LogP contribution < -0.4 is 10.1 Å². The Labute approximate surface area is 114 Å². The van der Waals surface area contributed by atoms with Gasteiger partial charge in [-0.25, -0.2) is 4.98 Å². The highest BCUT2D eigenvalue weighted by atomic mass is 16.5. The van der Waals surface area contributed by atoms with Gasteiger partial charge in [-0.05, 0) is 31.2 Å². The molecule has 0 spiro atoms. The summed E-state index contributed by atoms with van der Waals surface area (Å²) < 4.78 is 7.52. The van der Waals surface area contributed by atoms with Crippen molar-refractivity contribution < 1.29 is 4.74 Å². The number of methoxy groups -OCH3 is 1. The molecule has 0 aliphatic heterocycles. The van der Waals surface area contributed by atoms with Crippen molar-refractivity contribution in [3.05, 3.63) is 35.8 Å². The van der Waals surface area contributed by atoms with Crippen molar-refractivity contribution in [1.82, 2.24) is 14.9 Å². The third-order valence-corrected chi connectivity index (χ3v) is 3.33. The van der Waals surface area contributed by atoms with Crippen molar-refractivity contribution in [2.24, 2.45) is 7.05 Å². The molecule has 19 heavy (non-hydrogen) atoms. The Bertz CT molecular complexity index is 561. The van der Waals surface area contributed by atoms with Gasteiger partial charge in [0.2, 0.25) is 0 Å². The van der Waals surface area contributed by atoms with Crippen molar-refractivity contribution in [3.63, 3.8) is 0 Å². The molecule has 0 unspecified atom stereocenters. The van der Waals surface area contributed by atoms with Crippen LogP contribution in [0.3, 0.4) is 0 Å². The van der Waals surface area contributed by atoms with Gasteiger partial charge in [-0.2, -0.15) is 0 Å². The van der Waals surface area contributed by atoms with Crippen molar-refractivity contribution in [1.29, 1.82) is 0 Å². The second-order valence-electron chi connectivity index (χ2n) is 4.57. The number of aryl methyl sites for hydroxylation is 2. The molecule has 0 saturated carbocycles. The first-order valence-corrected chi connectivity index (χ1v) is 6.53. The van der Waals surface area contributed by atoms with E-state index in [0.717, 1.165) is 35.7 Å². The Morgan fingerprint density at radius 3 is 2.79 bits per heavy atom. The summed E-state index contributed by atoms with van der Waals surface area (Å²) in [6.07, 6.45) is 2.85. The number of hydrogen-bond donors (Lipinski definition) is 1. The molecule has 1 N–H and O–H groups in total. The summed E-state index contributed by atoms with van der Waals surface area (Å²) in [5.41, 5.74) is 4.50. The van der Waals surface area contributed by atoms with Crippen LogP contribution in [0.25, 0.3) is 11.3 Å². The van der Waals surface area contributed by atoms with Crippen LogP contribution in [-0.2, 0) is 20.0 Å². The molecule has 0 aliphatic rings. The van der Waals surface area contributed by atoms with E-state index in [2.05, 4.69) is 29.4 Å². The summed E-state index contributed by atoms with van der Waals surface area (Å²) in [5.74, 6) is 0.869. The normalized spacial score (nSPS) is 10.7. The SMILES string of the molecule is CCc1ccc(OC)c(-c2ncn(C)c2CNC)c1. The molecule has 1 aromatic heterocycles. The highest BCUT2D eigenvalue weighted by Gasteiger charge is 2.15. The summed E-state index contributed by atoms with van der Waals surface area (Å²) in [6, 6.07) is 6.29. The topological polar surface area (TPSA) is 39.1 Å². The van der Waals surface area contributed by atoms with Gasteiger partial charge < -0.3 is 14.6 Å².